The number of aliphatic hydroxyl groups excluding tert-OH is 1. The van der Waals surface area contributed by atoms with Crippen molar-refractivity contribution in [3.05, 3.63) is 35.1 Å². The molecule has 1 fully saturated rings. The Morgan fingerprint density at radius 3 is 2.43 bits per heavy atom. The summed E-state index contributed by atoms with van der Waals surface area (Å²) >= 11 is 0. The van der Waals surface area contributed by atoms with Crippen LogP contribution in [0.2, 0.25) is 0 Å². The molecule has 0 spiro atoms. The first-order valence-electron chi connectivity index (χ1n) is 6.92. The Kier molecular flexibility index (Phi) is 3.81. The lowest BCUT2D eigenvalue weighted by atomic mass is 10.0. The topological polar surface area (TPSA) is 49.3 Å². The molecule has 0 aromatic heterocycles. The summed E-state index contributed by atoms with van der Waals surface area (Å²) in [5.41, 5.74) is 0.523. The minimum Gasteiger partial charge on any atom is -0.384 e. The zero-order chi connectivity index (χ0) is 15.8. The van der Waals surface area contributed by atoms with Gasteiger partial charge in [-0.1, -0.05) is 39.5 Å². The quantitative estimate of drug-likeness (QED) is 0.821. The molecule has 112 valence electrons. The molecule has 1 aliphatic carbocycles. The predicted octanol–water partition coefficient (Wildman–Crippen LogP) is 2.33. The van der Waals surface area contributed by atoms with Crippen molar-refractivity contribution < 1.29 is 14.3 Å². The molecular weight excluding hydrogens is 269 g/mol. The second-order valence-electron chi connectivity index (χ2n) is 6.50. The predicted molar refractivity (Wildman–Crippen MR) is 79.2 cm³/mol. The molecule has 21 heavy (non-hydrogen) atoms. The van der Waals surface area contributed by atoms with Gasteiger partial charge in [0.2, 0.25) is 0 Å². The van der Waals surface area contributed by atoms with Gasteiger partial charge in [-0.15, -0.1) is 0 Å². The van der Waals surface area contributed by atoms with Crippen LogP contribution in [0.5, 0.6) is 0 Å². The molecule has 0 heterocycles. The third kappa shape index (κ3) is 2.66. The smallest absolute Gasteiger partial charge is 0.251 e. The maximum absolute atomic E-state index is 13.8. The number of halogens is 1. The number of benzene rings is 1. The van der Waals surface area contributed by atoms with Gasteiger partial charge in [0.15, 0.2) is 0 Å². The van der Waals surface area contributed by atoms with E-state index in [2.05, 4.69) is 44.9 Å². The molecule has 2 rings (SSSR count). The molecule has 2 N–H and O–H groups in total. The Bertz CT molecular complexity index is 624. The van der Waals surface area contributed by atoms with E-state index in [0.717, 1.165) is 0 Å². The Labute approximate surface area is 124 Å². The molecule has 1 amide bonds. The van der Waals surface area contributed by atoms with Crippen molar-refractivity contribution >= 4 is 5.91 Å². The molecule has 0 radical (unpaired) electrons. The summed E-state index contributed by atoms with van der Waals surface area (Å²) in [6.07, 6.45) is 0. The average molecular weight is 289 g/mol. The Morgan fingerprint density at radius 1 is 1.33 bits per heavy atom. The van der Waals surface area contributed by atoms with Gasteiger partial charge in [-0.25, -0.2) is 4.39 Å². The van der Waals surface area contributed by atoms with Crippen molar-refractivity contribution in [3.63, 3.8) is 0 Å². The van der Waals surface area contributed by atoms with Gasteiger partial charge < -0.3 is 10.4 Å². The molecule has 0 aliphatic heterocycles. The number of rotatable bonds is 2. The van der Waals surface area contributed by atoms with Crippen molar-refractivity contribution in [2.75, 3.05) is 6.61 Å². The Balaban J connectivity index is 2.13. The lowest BCUT2D eigenvalue weighted by Gasteiger charge is -2.07. The van der Waals surface area contributed by atoms with E-state index < -0.39 is 5.82 Å². The van der Waals surface area contributed by atoms with Crippen LogP contribution in [-0.2, 0) is 0 Å². The molecular formula is C17H20FNO2. The largest absolute Gasteiger partial charge is 0.384 e. The summed E-state index contributed by atoms with van der Waals surface area (Å²) in [6, 6.07) is 4.26. The number of amides is 1. The highest BCUT2D eigenvalue weighted by atomic mass is 19.1. The van der Waals surface area contributed by atoms with Crippen LogP contribution in [0.25, 0.3) is 0 Å². The van der Waals surface area contributed by atoms with Crippen molar-refractivity contribution in [3.8, 4) is 11.8 Å². The van der Waals surface area contributed by atoms with Crippen LogP contribution >= 0.6 is 0 Å². The van der Waals surface area contributed by atoms with Gasteiger partial charge in [-0.05, 0) is 29.0 Å². The van der Waals surface area contributed by atoms with Gasteiger partial charge in [-0.2, -0.15) is 0 Å². The molecule has 1 saturated carbocycles. The number of hydrogen-bond acceptors (Lipinski definition) is 2. The molecule has 0 atom stereocenters. The van der Waals surface area contributed by atoms with Gasteiger partial charge in [0.05, 0.1) is 5.56 Å². The molecule has 0 unspecified atom stereocenters. The highest BCUT2D eigenvalue weighted by molar-refractivity contribution is 5.95. The monoisotopic (exact) mass is 289 g/mol. The summed E-state index contributed by atoms with van der Waals surface area (Å²) in [5.74, 6) is 4.05. The fraction of sp³-hybridized carbons (Fsp3) is 0.471. The summed E-state index contributed by atoms with van der Waals surface area (Å²) in [6.45, 7) is 8.09. The van der Waals surface area contributed by atoms with Crippen molar-refractivity contribution in [1.82, 2.24) is 5.32 Å². The molecule has 0 bridgehead atoms. The van der Waals surface area contributed by atoms with Crippen LogP contribution in [0.1, 0.15) is 43.6 Å². The lowest BCUT2D eigenvalue weighted by Crippen LogP contribution is -2.29. The van der Waals surface area contributed by atoms with Crippen LogP contribution in [-0.4, -0.2) is 23.7 Å². The summed E-state index contributed by atoms with van der Waals surface area (Å²) in [5, 5.41) is 11.6. The number of hydrogen-bond donors (Lipinski definition) is 2. The van der Waals surface area contributed by atoms with E-state index in [4.69, 9.17) is 5.11 Å². The second kappa shape index (κ2) is 5.16. The van der Waals surface area contributed by atoms with E-state index in [1.54, 1.807) is 6.07 Å². The van der Waals surface area contributed by atoms with Crippen LogP contribution in [0.3, 0.4) is 0 Å². The fourth-order valence-electron chi connectivity index (χ4n) is 2.66. The summed E-state index contributed by atoms with van der Waals surface area (Å²) in [4.78, 5) is 12.2. The van der Waals surface area contributed by atoms with Crippen LogP contribution in [0, 0.1) is 28.5 Å². The van der Waals surface area contributed by atoms with Crippen LogP contribution in [0.4, 0.5) is 4.39 Å². The van der Waals surface area contributed by atoms with Crippen molar-refractivity contribution in [1.29, 1.82) is 0 Å². The zero-order valence-electron chi connectivity index (χ0n) is 12.7. The Hall–Kier alpha value is -1.86. The normalized spacial score (nSPS) is 18.6. The maximum Gasteiger partial charge on any atom is 0.251 e. The number of carbonyl (C=O) groups excluding carboxylic acids is 1. The van der Waals surface area contributed by atoms with Crippen LogP contribution in [0.15, 0.2) is 18.2 Å². The molecule has 1 aromatic carbocycles. The molecule has 4 heteroatoms. The first kappa shape index (κ1) is 15.5. The van der Waals surface area contributed by atoms with Crippen LogP contribution < -0.4 is 5.32 Å². The highest BCUT2D eigenvalue weighted by Crippen LogP contribution is 2.62. The first-order valence-corrected chi connectivity index (χ1v) is 6.92. The highest BCUT2D eigenvalue weighted by Gasteiger charge is 2.65. The van der Waals surface area contributed by atoms with E-state index >= 15 is 0 Å². The zero-order valence-corrected chi connectivity index (χ0v) is 12.7. The standard InChI is InChI=1S/C17H20FNO2/c1-16(2)15(17(16,3)4)19-14(21)12-8-7-11(6-5-9-20)13(18)10-12/h7-8,10,15,20H,9H2,1-4H3,(H,19,21). The Morgan fingerprint density at radius 2 is 1.95 bits per heavy atom. The number of carbonyl (C=O) groups is 1. The van der Waals surface area contributed by atoms with E-state index in [1.807, 2.05) is 0 Å². The fourth-order valence-corrected chi connectivity index (χ4v) is 2.66. The molecule has 1 aliphatic rings. The lowest BCUT2D eigenvalue weighted by molar-refractivity contribution is 0.0943. The molecule has 1 aromatic rings. The van der Waals surface area contributed by atoms with Gasteiger partial charge >= 0.3 is 0 Å². The summed E-state index contributed by atoms with van der Waals surface area (Å²) < 4.78 is 13.8. The third-order valence-electron chi connectivity index (χ3n) is 4.83. The molecule has 0 saturated heterocycles. The number of nitrogens with one attached hydrogen (secondary N) is 1. The van der Waals surface area contributed by atoms with E-state index in [1.165, 1.54) is 12.1 Å². The van der Waals surface area contributed by atoms with E-state index in [9.17, 15) is 9.18 Å². The average Bonchev–Trinajstić information content (AvgIpc) is 2.79. The van der Waals surface area contributed by atoms with Gasteiger partial charge in [-0.3, -0.25) is 4.79 Å². The van der Waals surface area contributed by atoms with Gasteiger partial charge in [0.1, 0.15) is 12.4 Å². The molecule has 3 nitrogen and oxygen atoms in total. The minimum atomic E-state index is -0.557. The van der Waals surface area contributed by atoms with E-state index in [-0.39, 0.29) is 40.5 Å². The third-order valence-corrected chi connectivity index (χ3v) is 4.83. The summed E-state index contributed by atoms with van der Waals surface area (Å²) in [7, 11) is 0. The van der Waals surface area contributed by atoms with Gasteiger partial charge in [0, 0.05) is 11.6 Å². The first-order chi connectivity index (χ1) is 9.71. The van der Waals surface area contributed by atoms with E-state index in [0.29, 0.717) is 0 Å². The maximum atomic E-state index is 13.8. The number of aliphatic hydroxyl groups is 1. The SMILES string of the molecule is CC1(C)C(NC(=O)c2ccc(C#CCO)c(F)c2)C1(C)C. The second-order valence-corrected chi connectivity index (χ2v) is 6.50. The van der Waals surface area contributed by atoms with Crippen molar-refractivity contribution in [2.24, 2.45) is 10.8 Å². The van der Waals surface area contributed by atoms with Gasteiger partial charge in [0.25, 0.3) is 5.91 Å². The minimum absolute atomic E-state index is 0.0355. The van der Waals surface area contributed by atoms with Crippen molar-refractivity contribution in [2.45, 2.75) is 33.7 Å².